The number of carbonyl (C=O) groups is 1. The van der Waals surface area contributed by atoms with E-state index in [1.165, 1.54) is 7.11 Å². The van der Waals surface area contributed by atoms with Gasteiger partial charge in [0.1, 0.15) is 6.10 Å². The Morgan fingerprint density at radius 1 is 1.50 bits per heavy atom. The van der Waals surface area contributed by atoms with Crippen LogP contribution in [-0.2, 0) is 9.53 Å². The van der Waals surface area contributed by atoms with Gasteiger partial charge in [0.05, 0.1) is 0 Å². The summed E-state index contributed by atoms with van der Waals surface area (Å²) < 4.78 is 4.84. The Labute approximate surface area is 73.7 Å². The Morgan fingerprint density at radius 2 is 2.17 bits per heavy atom. The molecule has 0 spiro atoms. The molecule has 1 atom stereocenters. The van der Waals surface area contributed by atoms with Crippen LogP contribution < -0.4 is 10.6 Å². The molecule has 4 nitrogen and oxygen atoms in total. The molecule has 0 aliphatic heterocycles. The van der Waals surface area contributed by atoms with Crippen LogP contribution >= 0.6 is 0 Å². The summed E-state index contributed by atoms with van der Waals surface area (Å²) in [5, 5.41) is 5.77. The number of methoxy groups -OCH3 is 1. The fraction of sp³-hybridized carbons (Fsp3) is 0.875. The molecule has 0 fully saturated rings. The Bertz CT molecular complexity index is 128. The molecule has 0 bridgehead atoms. The number of nitrogens with one attached hydrogen (secondary N) is 2. The van der Waals surface area contributed by atoms with Gasteiger partial charge >= 0.3 is 0 Å². The molecular formula is C8H18N2O2. The molecule has 72 valence electrons. The van der Waals surface area contributed by atoms with Crippen LogP contribution in [0.3, 0.4) is 0 Å². The van der Waals surface area contributed by atoms with Crippen LogP contribution in [0.5, 0.6) is 0 Å². The minimum absolute atomic E-state index is 0.0476. The Balaban J connectivity index is 3.31. The predicted molar refractivity (Wildman–Crippen MR) is 48.0 cm³/mol. The van der Waals surface area contributed by atoms with E-state index in [-0.39, 0.29) is 12.0 Å². The van der Waals surface area contributed by atoms with Crippen LogP contribution in [0.25, 0.3) is 0 Å². The zero-order valence-corrected chi connectivity index (χ0v) is 8.02. The van der Waals surface area contributed by atoms with Gasteiger partial charge in [0, 0.05) is 13.7 Å². The van der Waals surface area contributed by atoms with Gasteiger partial charge in [0.15, 0.2) is 0 Å². The third-order valence-electron chi connectivity index (χ3n) is 1.63. The van der Waals surface area contributed by atoms with Crippen molar-refractivity contribution in [3.05, 3.63) is 0 Å². The fourth-order valence-corrected chi connectivity index (χ4v) is 0.728. The summed E-state index contributed by atoms with van der Waals surface area (Å²) in [7, 11) is 3.41. The van der Waals surface area contributed by atoms with Gasteiger partial charge in [-0.15, -0.1) is 0 Å². The van der Waals surface area contributed by atoms with E-state index in [9.17, 15) is 4.79 Å². The van der Waals surface area contributed by atoms with Crippen molar-refractivity contribution in [2.75, 3.05) is 27.2 Å². The number of hydrogen-bond acceptors (Lipinski definition) is 3. The van der Waals surface area contributed by atoms with Gasteiger partial charge in [-0.1, -0.05) is 0 Å². The molecular weight excluding hydrogens is 156 g/mol. The lowest BCUT2D eigenvalue weighted by Gasteiger charge is -2.09. The second kappa shape index (κ2) is 7.06. The molecule has 0 aromatic heterocycles. The second-order valence-corrected chi connectivity index (χ2v) is 2.63. The van der Waals surface area contributed by atoms with Gasteiger partial charge in [0.2, 0.25) is 5.91 Å². The molecule has 0 aromatic rings. The Hall–Kier alpha value is -0.610. The molecule has 0 rings (SSSR count). The summed E-state index contributed by atoms with van der Waals surface area (Å²) in [4.78, 5) is 11.1. The molecule has 0 saturated carbocycles. The van der Waals surface area contributed by atoms with Crippen LogP contribution in [0.15, 0.2) is 0 Å². The van der Waals surface area contributed by atoms with Gasteiger partial charge in [-0.05, 0) is 26.9 Å². The van der Waals surface area contributed by atoms with Crippen molar-refractivity contribution in [1.82, 2.24) is 10.6 Å². The predicted octanol–water partition coefficient (Wildman–Crippen LogP) is -0.253. The van der Waals surface area contributed by atoms with Crippen molar-refractivity contribution in [2.24, 2.45) is 0 Å². The van der Waals surface area contributed by atoms with E-state index in [0.29, 0.717) is 6.54 Å². The molecule has 0 aromatic carbocycles. The van der Waals surface area contributed by atoms with E-state index in [0.717, 1.165) is 13.0 Å². The van der Waals surface area contributed by atoms with Crippen LogP contribution in [0.4, 0.5) is 0 Å². The molecule has 0 heterocycles. The minimum atomic E-state index is -0.348. The lowest BCUT2D eigenvalue weighted by molar-refractivity contribution is -0.130. The van der Waals surface area contributed by atoms with Gasteiger partial charge < -0.3 is 15.4 Å². The molecule has 0 aliphatic carbocycles. The van der Waals surface area contributed by atoms with E-state index >= 15 is 0 Å². The molecule has 4 heteroatoms. The van der Waals surface area contributed by atoms with Crippen molar-refractivity contribution in [3.8, 4) is 0 Å². The Kier molecular flexibility index (Phi) is 6.70. The zero-order valence-electron chi connectivity index (χ0n) is 8.02. The second-order valence-electron chi connectivity index (χ2n) is 2.63. The number of rotatable bonds is 6. The minimum Gasteiger partial charge on any atom is -0.372 e. The first-order valence-electron chi connectivity index (χ1n) is 4.17. The monoisotopic (exact) mass is 174 g/mol. The van der Waals surface area contributed by atoms with Crippen LogP contribution in [0, 0.1) is 0 Å². The molecule has 1 amide bonds. The number of hydrogen-bond donors (Lipinski definition) is 2. The van der Waals surface area contributed by atoms with Crippen LogP contribution in [-0.4, -0.2) is 39.3 Å². The molecule has 12 heavy (non-hydrogen) atoms. The highest BCUT2D eigenvalue weighted by Gasteiger charge is 2.09. The van der Waals surface area contributed by atoms with Crippen molar-refractivity contribution in [1.29, 1.82) is 0 Å². The van der Waals surface area contributed by atoms with Crippen LogP contribution in [0.2, 0.25) is 0 Å². The maximum absolute atomic E-state index is 11.1. The molecule has 1 unspecified atom stereocenters. The molecule has 0 aliphatic rings. The highest BCUT2D eigenvalue weighted by atomic mass is 16.5. The molecule has 2 N–H and O–H groups in total. The van der Waals surface area contributed by atoms with Crippen molar-refractivity contribution in [2.45, 2.75) is 19.4 Å². The zero-order chi connectivity index (χ0) is 9.40. The largest absolute Gasteiger partial charge is 0.372 e. The summed E-state index contributed by atoms with van der Waals surface area (Å²) in [5.41, 5.74) is 0. The van der Waals surface area contributed by atoms with E-state index in [1.54, 1.807) is 6.92 Å². The maximum atomic E-state index is 11.1. The van der Waals surface area contributed by atoms with E-state index in [1.807, 2.05) is 7.05 Å². The number of amides is 1. The first-order chi connectivity index (χ1) is 5.72. The van der Waals surface area contributed by atoms with Gasteiger partial charge in [-0.3, -0.25) is 4.79 Å². The normalized spacial score (nSPS) is 12.6. The third-order valence-corrected chi connectivity index (χ3v) is 1.63. The lowest BCUT2D eigenvalue weighted by atomic mass is 10.3. The highest BCUT2D eigenvalue weighted by Crippen LogP contribution is 1.86. The standard InChI is InChI=1S/C8H18N2O2/c1-7(12-3)8(11)10-6-4-5-9-2/h7,9H,4-6H2,1-3H3,(H,10,11). The SMILES string of the molecule is CNCCCNC(=O)C(C)OC. The number of ether oxygens (including phenoxy) is 1. The maximum Gasteiger partial charge on any atom is 0.248 e. The molecule has 0 radical (unpaired) electrons. The average molecular weight is 174 g/mol. The topological polar surface area (TPSA) is 50.4 Å². The Morgan fingerprint density at radius 3 is 2.67 bits per heavy atom. The summed E-state index contributed by atoms with van der Waals surface area (Å²) in [6, 6.07) is 0. The van der Waals surface area contributed by atoms with Crippen molar-refractivity contribution in [3.63, 3.8) is 0 Å². The summed E-state index contributed by atoms with van der Waals surface area (Å²) in [6.07, 6.45) is 0.596. The summed E-state index contributed by atoms with van der Waals surface area (Å²) in [5.74, 6) is -0.0476. The summed E-state index contributed by atoms with van der Waals surface area (Å²) in [6.45, 7) is 3.35. The first kappa shape index (κ1) is 11.4. The fourth-order valence-electron chi connectivity index (χ4n) is 0.728. The van der Waals surface area contributed by atoms with Crippen LogP contribution in [0.1, 0.15) is 13.3 Å². The van der Waals surface area contributed by atoms with Gasteiger partial charge in [-0.2, -0.15) is 0 Å². The smallest absolute Gasteiger partial charge is 0.248 e. The van der Waals surface area contributed by atoms with Gasteiger partial charge in [0.25, 0.3) is 0 Å². The summed E-state index contributed by atoms with van der Waals surface area (Å²) >= 11 is 0. The third kappa shape index (κ3) is 5.09. The van der Waals surface area contributed by atoms with E-state index in [2.05, 4.69) is 10.6 Å². The van der Waals surface area contributed by atoms with Crippen molar-refractivity contribution >= 4 is 5.91 Å². The lowest BCUT2D eigenvalue weighted by Crippen LogP contribution is -2.35. The van der Waals surface area contributed by atoms with Crippen molar-refractivity contribution < 1.29 is 9.53 Å². The van der Waals surface area contributed by atoms with E-state index < -0.39 is 0 Å². The van der Waals surface area contributed by atoms with E-state index in [4.69, 9.17) is 4.74 Å². The first-order valence-corrected chi connectivity index (χ1v) is 4.17. The quantitative estimate of drug-likeness (QED) is 0.546. The average Bonchev–Trinajstić information content (AvgIpc) is 2.10. The number of carbonyl (C=O) groups excluding carboxylic acids is 1. The van der Waals surface area contributed by atoms with Gasteiger partial charge in [-0.25, -0.2) is 0 Å². The highest BCUT2D eigenvalue weighted by molar-refractivity contribution is 5.80. The molecule has 0 saturated heterocycles.